The summed E-state index contributed by atoms with van der Waals surface area (Å²) >= 11 is 0. The fourth-order valence-corrected chi connectivity index (χ4v) is 3.71. The highest BCUT2D eigenvalue weighted by Crippen LogP contribution is 2.30. The van der Waals surface area contributed by atoms with E-state index in [9.17, 15) is 9.59 Å². The van der Waals surface area contributed by atoms with Crippen molar-refractivity contribution in [3.05, 3.63) is 63.8 Å². The molecule has 1 aromatic heterocycles. The van der Waals surface area contributed by atoms with Gasteiger partial charge in [-0.05, 0) is 54.2 Å². The number of aryl methyl sites for hydroxylation is 1. The van der Waals surface area contributed by atoms with Crippen LogP contribution in [0.3, 0.4) is 0 Å². The number of amides is 1. The van der Waals surface area contributed by atoms with E-state index in [0.717, 1.165) is 17.0 Å². The molecule has 140 valence electrons. The maximum atomic E-state index is 12.5. The molecule has 1 fully saturated rings. The largest absolute Gasteiger partial charge is 0.497 e. The molecule has 2 unspecified atom stereocenters. The zero-order chi connectivity index (χ0) is 19.3. The van der Waals surface area contributed by atoms with Crippen molar-refractivity contribution in [1.82, 2.24) is 4.57 Å². The van der Waals surface area contributed by atoms with Gasteiger partial charge in [0.05, 0.1) is 7.11 Å². The molecule has 1 aromatic rings. The number of hydrogen-bond acceptors (Lipinski definition) is 3. The summed E-state index contributed by atoms with van der Waals surface area (Å²) < 4.78 is 6.94. The van der Waals surface area contributed by atoms with Crippen LogP contribution < -0.4 is 10.5 Å². The first kappa shape index (κ1) is 20.6. The van der Waals surface area contributed by atoms with E-state index in [1.54, 1.807) is 28.8 Å². The Kier molecular flexibility index (Phi) is 7.37. The molecular formula is C19H26N2O3P2. The molecule has 7 heteroatoms. The third-order valence-corrected chi connectivity index (χ3v) is 4.82. The highest BCUT2D eigenvalue weighted by molar-refractivity contribution is 7.23. The normalized spacial score (nSPS) is 18.4. The molecular weight excluding hydrogens is 366 g/mol. The molecule has 0 spiro atoms. The summed E-state index contributed by atoms with van der Waals surface area (Å²) in [4.78, 5) is 26.5. The van der Waals surface area contributed by atoms with Gasteiger partial charge in [0.25, 0.3) is 5.56 Å². The van der Waals surface area contributed by atoms with Crippen molar-refractivity contribution in [3.63, 3.8) is 0 Å². The zero-order valence-electron chi connectivity index (χ0n) is 15.3. The predicted octanol–water partition coefficient (Wildman–Crippen LogP) is 3.29. The number of ether oxygens (including phenoxy) is 1. The summed E-state index contributed by atoms with van der Waals surface area (Å²) in [6, 6.07) is 3.54. The van der Waals surface area contributed by atoms with Crippen LogP contribution in [0.2, 0.25) is 0 Å². The quantitative estimate of drug-likeness (QED) is 0.407. The number of nitrogens with zero attached hydrogens (tertiary/aromatic N) is 2. The molecule has 2 rings (SSSR count). The van der Waals surface area contributed by atoms with E-state index in [-0.39, 0.29) is 17.4 Å². The summed E-state index contributed by atoms with van der Waals surface area (Å²) in [6.45, 7) is 6.87. The minimum atomic E-state index is -0.116. The second-order valence-electron chi connectivity index (χ2n) is 6.31. The SMILES string of the molecule is C=C(P)/C=C(\C=C(\P)C[C@H]1CC(=O)N(c2cccn(CC)c2=O)C1)OC. The van der Waals surface area contributed by atoms with Gasteiger partial charge in [-0.2, -0.15) is 0 Å². The first-order valence-electron chi connectivity index (χ1n) is 8.51. The highest BCUT2D eigenvalue weighted by Gasteiger charge is 2.32. The fraction of sp³-hybridized carbons (Fsp3) is 0.368. The molecule has 5 nitrogen and oxygen atoms in total. The van der Waals surface area contributed by atoms with Gasteiger partial charge in [-0.1, -0.05) is 6.58 Å². The number of pyridine rings is 1. The van der Waals surface area contributed by atoms with E-state index in [2.05, 4.69) is 25.1 Å². The van der Waals surface area contributed by atoms with Crippen LogP contribution in [0.4, 0.5) is 5.69 Å². The predicted molar refractivity (Wildman–Crippen MR) is 113 cm³/mol. The molecule has 0 aliphatic carbocycles. The maximum absolute atomic E-state index is 12.5. The lowest BCUT2D eigenvalue weighted by Crippen LogP contribution is -2.32. The molecule has 1 aliphatic heterocycles. The number of hydrogen-bond donors (Lipinski definition) is 0. The standard InChI is InChI=1S/C19H26N2O3P2/c1-4-20-7-5-6-17(19(20)23)21-12-14(10-18(21)22)9-16(26)11-15(24-3)8-13(2)25/h5-8,11,14H,2,4,9-10,12,25-26H2,1,3H3/b15-8+,16-11+/t14-/m0/s1. The number of methoxy groups -OCH3 is 1. The van der Waals surface area contributed by atoms with Crippen LogP contribution >= 0.6 is 18.5 Å². The van der Waals surface area contributed by atoms with Gasteiger partial charge in [0.1, 0.15) is 11.4 Å². The monoisotopic (exact) mass is 392 g/mol. The lowest BCUT2D eigenvalue weighted by Gasteiger charge is -2.17. The molecule has 26 heavy (non-hydrogen) atoms. The van der Waals surface area contributed by atoms with Gasteiger partial charge >= 0.3 is 0 Å². The smallest absolute Gasteiger partial charge is 0.274 e. The van der Waals surface area contributed by atoms with Gasteiger partial charge in [0.2, 0.25) is 5.91 Å². The molecule has 1 saturated heterocycles. The first-order chi connectivity index (χ1) is 12.3. The molecule has 0 bridgehead atoms. The van der Waals surface area contributed by atoms with Gasteiger partial charge in [-0.3, -0.25) is 9.59 Å². The fourth-order valence-electron chi connectivity index (χ4n) is 3.05. The Balaban J connectivity index is 2.13. The minimum Gasteiger partial charge on any atom is -0.497 e. The molecule has 0 saturated carbocycles. The lowest BCUT2D eigenvalue weighted by atomic mass is 10.0. The Bertz CT molecular complexity index is 811. The van der Waals surface area contributed by atoms with Crippen molar-refractivity contribution >= 4 is 30.1 Å². The Hall–Kier alpha value is -1.70. The average molecular weight is 392 g/mol. The van der Waals surface area contributed by atoms with Crippen LogP contribution in [0.15, 0.2) is 58.2 Å². The number of carbonyl (C=O) groups is 1. The second kappa shape index (κ2) is 9.30. The first-order valence-corrected chi connectivity index (χ1v) is 9.67. The van der Waals surface area contributed by atoms with Gasteiger partial charge in [0.15, 0.2) is 0 Å². The lowest BCUT2D eigenvalue weighted by molar-refractivity contribution is -0.117. The van der Waals surface area contributed by atoms with Gasteiger partial charge in [0, 0.05) is 25.7 Å². The van der Waals surface area contributed by atoms with E-state index in [0.29, 0.717) is 31.0 Å². The Morgan fingerprint density at radius 3 is 2.73 bits per heavy atom. The van der Waals surface area contributed by atoms with Crippen molar-refractivity contribution < 1.29 is 9.53 Å². The topological polar surface area (TPSA) is 51.5 Å². The van der Waals surface area contributed by atoms with Crippen LogP contribution in [0, 0.1) is 5.92 Å². The molecule has 1 amide bonds. The van der Waals surface area contributed by atoms with Crippen molar-refractivity contribution in [1.29, 1.82) is 0 Å². The van der Waals surface area contributed by atoms with Gasteiger partial charge in [-0.15, -0.1) is 18.5 Å². The number of anilines is 1. The van der Waals surface area contributed by atoms with Crippen molar-refractivity contribution in [3.8, 4) is 0 Å². The average Bonchev–Trinajstić information content (AvgIpc) is 2.93. The van der Waals surface area contributed by atoms with Gasteiger partial charge < -0.3 is 14.2 Å². The minimum absolute atomic E-state index is 0.000374. The van der Waals surface area contributed by atoms with Gasteiger partial charge in [-0.25, -0.2) is 0 Å². The van der Waals surface area contributed by atoms with Crippen LogP contribution in [-0.2, 0) is 16.1 Å². The molecule has 3 atom stereocenters. The Morgan fingerprint density at radius 1 is 1.38 bits per heavy atom. The summed E-state index contributed by atoms with van der Waals surface area (Å²) in [5.41, 5.74) is 0.349. The molecule has 0 N–H and O–H groups in total. The summed E-state index contributed by atoms with van der Waals surface area (Å²) in [5, 5.41) is 1.87. The van der Waals surface area contributed by atoms with E-state index >= 15 is 0 Å². The molecule has 0 radical (unpaired) electrons. The van der Waals surface area contributed by atoms with Crippen molar-refractivity contribution in [2.75, 3.05) is 18.6 Å². The maximum Gasteiger partial charge on any atom is 0.274 e. The summed E-state index contributed by atoms with van der Waals surface area (Å²) in [6.07, 6.45) is 6.68. The van der Waals surface area contributed by atoms with E-state index in [1.807, 2.05) is 25.1 Å². The van der Waals surface area contributed by atoms with E-state index < -0.39 is 0 Å². The summed E-state index contributed by atoms with van der Waals surface area (Å²) in [7, 11) is 6.84. The Labute approximate surface area is 159 Å². The van der Waals surface area contributed by atoms with Crippen molar-refractivity contribution in [2.45, 2.75) is 26.3 Å². The third-order valence-electron chi connectivity index (χ3n) is 4.25. The molecule has 1 aliphatic rings. The number of rotatable bonds is 7. The zero-order valence-corrected chi connectivity index (χ0v) is 17.6. The number of carbonyl (C=O) groups excluding carboxylic acids is 1. The second-order valence-corrected chi connectivity index (χ2v) is 7.79. The van der Waals surface area contributed by atoms with Crippen LogP contribution in [-0.4, -0.2) is 24.1 Å². The van der Waals surface area contributed by atoms with E-state index in [4.69, 9.17) is 4.74 Å². The number of allylic oxidation sites excluding steroid dienone is 4. The number of aromatic nitrogens is 1. The molecule has 2 heterocycles. The third kappa shape index (κ3) is 5.16. The van der Waals surface area contributed by atoms with Crippen LogP contribution in [0.5, 0.6) is 0 Å². The van der Waals surface area contributed by atoms with Crippen molar-refractivity contribution in [2.24, 2.45) is 5.92 Å². The Morgan fingerprint density at radius 2 is 2.12 bits per heavy atom. The highest BCUT2D eigenvalue weighted by atomic mass is 31.0. The molecule has 0 aromatic carbocycles. The van der Waals surface area contributed by atoms with Crippen LogP contribution in [0.1, 0.15) is 19.8 Å². The van der Waals surface area contributed by atoms with Crippen LogP contribution in [0.25, 0.3) is 0 Å². The van der Waals surface area contributed by atoms with E-state index in [1.165, 1.54) is 0 Å². The summed E-state index contributed by atoms with van der Waals surface area (Å²) in [5.74, 6) is 0.878.